The fourth-order valence-electron chi connectivity index (χ4n) is 2.02. The number of hydrogen-bond acceptors (Lipinski definition) is 1. The van der Waals surface area contributed by atoms with Crippen molar-refractivity contribution in [1.29, 1.82) is 0 Å². The molecule has 1 aromatic carbocycles. The van der Waals surface area contributed by atoms with E-state index in [-0.39, 0.29) is 5.92 Å². The van der Waals surface area contributed by atoms with E-state index in [1.54, 1.807) is 7.11 Å². The Bertz CT molecular complexity index is 429. The van der Waals surface area contributed by atoms with Gasteiger partial charge in [-0.3, -0.25) is 0 Å². The summed E-state index contributed by atoms with van der Waals surface area (Å²) in [4.78, 5) is 0. The number of benzene rings is 1. The predicted molar refractivity (Wildman–Crippen MR) is 69.3 cm³/mol. The van der Waals surface area contributed by atoms with Gasteiger partial charge >= 0.3 is 0 Å². The fraction of sp³-hybridized carbons (Fsp3) is 0.429. The van der Waals surface area contributed by atoms with Crippen LogP contribution < -0.4 is 4.74 Å². The molecule has 1 aromatic rings. The summed E-state index contributed by atoms with van der Waals surface area (Å²) in [5.41, 5.74) is 3.24. The Morgan fingerprint density at radius 2 is 2.12 bits per heavy atom. The van der Waals surface area contributed by atoms with E-state index in [0.29, 0.717) is 6.42 Å². The van der Waals surface area contributed by atoms with Crippen molar-refractivity contribution in [2.24, 2.45) is 0 Å². The van der Waals surface area contributed by atoms with Crippen LogP contribution in [0, 0.1) is 26.2 Å². The first-order chi connectivity index (χ1) is 7.52. The SMILES string of the molecule is C#CCC(C)c1c(C)c(Cl)cc(C)c1OC. The first-order valence-electron chi connectivity index (χ1n) is 5.30. The molecule has 86 valence electrons. The number of methoxy groups -OCH3 is 1. The maximum Gasteiger partial charge on any atom is 0.125 e. The third kappa shape index (κ3) is 2.33. The van der Waals surface area contributed by atoms with Crippen molar-refractivity contribution in [1.82, 2.24) is 0 Å². The van der Waals surface area contributed by atoms with Gasteiger partial charge in [0, 0.05) is 17.0 Å². The average molecular weight is 237 g/mol. The topological polar surface area (TPSA) is 9.23 Å². The summed E-state index contributed by atoms with van der Waals surface area (Å²) in [5, 5.41) is 0.775. The summed E-state index contributed by atoms with van der Waals surface area (Å²) < 4.78 is 5.45. The van der Waals surface area contributed by atoms with Gasteiger partial charge in [-0.1, -0.05) is 18.5 Å². The Hall–Kier alpha value is -1.13. The van der Waals surface area contributed by atoms with Crippen LogP contribution in [0.5, 0.6) is 5.75 Å². The summed E-state index contributed by atoms with van der Waals surface area (Å²) in [5.74, 6) is 3.85. The van der Waals surface area contributed by atoms with E-state index in [4.69, 9.17) is 22.8 Å². The predicted octanol–water partition coefficient (Wildman–Crippen LogP) is 4.09. The quantitative estimate of drug-likeness (QED) is 0.719. The summed E-state index contributed by atoms with van der Waals surface area (Å²) in [6.07, 6.45) is 6.05. The molecule has 1 rings (SSSR count). The van der Waals surface area contributed by atoms with Gasteiger partial charge in [-0.25, -0.2) is 0 Å². The molecule has 0 N–H and O–H groups in total. The van der Waals surface area contributed by atoms with E-state index in [0.717, 1.165) is 27.5 Å². The second-order valence-corrected chi connectivity index (χ2v) is 4.46. The van der Waals surface area contributed by atoms with E-state index in [2.05, 4.69) is 12.8 Å². The molecule has 16 heavy (non-hydrogen) atoms. The van der Waals surface area contributed by atoms with Gasteiger partial charge in [0.05, 0.1) is 7.11 Å². The molecule has 0 aliphatic carbocycles. The van der Waals surface area contributed by atoms with Crippen LogP contribution in [-0.2, 0) is 0 Å². The van der Waals surface area contributed by atoms with Crippen LogP contribution in [0.15, 0.2) is 6.07 Å². The summed E-state index contributed by atoms with van der Waals surface area (Å²) in [6.45, 7) is 6.10. The van der Waals surface area contributed by atoms with Gasteiger partial charge in [-0.2, -0.15) is 0 Å². The fourth-order valence-corrected chi connectivity index (χ4v) is 2.28. The van der Waals surface area contributed by atoms with Crippen molar-refractivity contribution in [2.75, 3.05) is 7.11 Å². The van der Waals surface area contributed by atoms with Crippen LogP contribution in [0.25, 0.3) is 0 Å². The molecule has 0 fully saturated rings. The Morgan fingerprint density at radius 3 is 2.62 bits per heavy atom. The van der Waals surface area contributed by atoms with Crippen molar-refractivity contribution in [3.63, 3.8) is 0 Å². The lowest BCUT2D eigenvalue weighted by Gasteiger charge is -2.19. The maximum atomic E-state index is 6.19. The molecule has 0 saturated heterocycles. The van der Waals surface area contributed by atoms with Crippen LogP contribution in [0.4, 0.5) is 0 Å². The molecule has 0 heterocycles. The lowest BCUT2D eigenvalue weighted by Crippen LogP contribution is -2.02. The zero-order valence-corrected chi connectivity index (χ0v) is 11.0. The minimum atomic E-state index is 0.261. The third-order valence-corrected chi connectivity index (χ3v) is 3.22. The molecule has 2 heteroatoms. The van der Waals surface area contributed by atoms with E-state index in [1.807, 2.05) is 19.9 Å². The normalized spacial score (nSPS) is 12.0. The highest BCUT2D eigenvalue weighted by Crippen LogP contribution is 2.37. The Kier molecular flexibility index (Phi) is 4.26. The summed E-state index contributed by atoms with van der Waals surface area (Å²) in [6, 6.07) is 1.93. The Morgan fingerprint density at radius 1 is 1.50 bits per heavy atom. The number of hydrogen-bond donors (Lipinski definition) is 0. The number of halogens is 1. The molecule has 0 aliphatic heterocycles. The van der Waals surface area contributed by atoms with Crippen LogP contribution >= 0.6 is 11.6 Å². The lowest BCUT2D eigenvalue weighted by atomic mass is 9.91. The van der Waals surface area contributed by atoms with Gasteiger partial charge in [0.25, 0.3) is 0 Å². The standard InChI is InChI=1S/C14H17ClO/c1-6-7-9(2)13-11(4)12(15)8-10(3)14(13)16-5/h1,8-9H,7H2,2-5H3. The average Bonchev–Trinajstić information content (AvgIpc) is 2.23. The van der Waals surface area contributed by atoms with Crippen LogP contribution in [-0.4, -0.2) is 7.11 Å². The summed E-state index contributed by atoms with van der Waals surface area (Å²) >= 11 is 6.19. The van der Waals surface area contributed by atoms with Gasteiger partial charge in [0.2, 0.25) is 0 Å². The molecule has 0 aromatic heterocycles. The minimum absolute atomic E-state index is 0.261. The molecule has 1 nitrogen and oxygen atoms in total. The first kappa shape index (κ1) is 12.9. The lowest BCUT2D eigenvalue weighted by molar-refractivity contribution is 0.403. The second-order valence-electron chi connectivity index (χ2n) is 4.06. The van der Waals surface area contributed by atoms with Crippen LogP contribution in [0.2, 0.25) is 5.02 Å². The van der Waals surface area contributed by atoms with Gasteiger partial charge in [-0.15, -0.1) is 12.3 Å². The van der Waals surface area contributed by atoms with Gasteiger partial charge in [0.1, 0.15) is 5.75 Å². The van der Waals surface area contributed by atoms with Gasteiger partial charge in [0.15, 0.2) is 0 Å². The van der Waals surface area contributed by atoms with E-state index in [1.165, 1.54) is 0 Å². The molecule has 0 saturated carbocycles. The molecule has 1 atom stereocenters. The molecule has 0 amide bonds. The number of terminal acetylenes is 1. The van der Waals surface area contributed by atoms with Gasteiger partial charge in [-0.05, 0) is 37.0 Å². The second kappa shape index (κ2) is 5.27. The highest BCUT2D eigenvalue weighted by Gasteiger charge is 2.17. The van der Waals surface area contributed by atoms with Crippen LogP contribution in [0.3, 0.4) is 0 Å². The smallest absolute Gasteiger partial charge is 0.125 e. The third-order valence-electron chi connectivity index (χ3n) is 2.83. The van der Waals surface area contributed by atoms with E-state index >= 15 is 0 Å². The maximum absolute atomic E-state index is 6.19. The van der Waals surface area contributed by atoms with Crippen molar-refractivity contribution in [3.05, 3.63) is 27.8 Å². The minimum Gasteiger partial charge on any atom is -0.496 e. The molecular weight excluding hydrogens is 220 g/mol. The summed E-state index contributed by atoms with van der Waals surface area (Å²) in [7, 11) is 1.68. The number of aryl methyl sites for hydroxylation is 1. The first-order valence-corrected chi connectivity index (χ1v) is 5.67. The van der Waals surface area contributed by atoms with Crippen molar-refractivity contribution < 1.29 is 4.74 Å². The molecule has 0 spiro atoms. The number of ether oxygens (including phenoxy) is 1. The Labute approximate surface area is 103 Å². The molecule has 0 aliphatic rings. The zero-order chi connectivity index (χ0) is 12.3. The van der Waals surface area contributed by atoms with E-state index < -0.39 is 0 Å². The zero-order valence-electron chi connectivity index (χ0n) is 10.2. The van der Waals surface area contributed by atoms with Crippen LogP contribution in [0.1, 0.15) is 36.0 Å². The van der Waals surface area contributed by atoms with E-state index in [9.17, 15) is 0 Å². The number of rotatable bonds is 3. The molecule has 1 unspecified atom stereocenters. The van der Waals surface area contributed by atoms with Gasteiger partial charge < -0.3 is 4.74 Å². The van der Waals surface area contributed by atoms with Crippen molar-refractivity contribution >= 4 is 11.6 Å². The molecule has 0 radical (unpaired) electrons. The van der Waals surface area contributed by atoms with Crippen molar-refractivity contribution in [3.8, 4) is 18.1 Å². The largest absolute Gasteiger partial charge is 0.496 e. The van der Waals surface area contributed by atoms with Crippen molar-refractivity contribution in [2.45, 2.75) is 33.1 Å². The molecule has 0 bridgehead atoms. The Balaban J connectivity index is 3.39. The highest BCUT2D eigenvalue weighted by atomic mass is 35.5. The monoisotopic (exact) mass is 236 g/mol. The molecular formula is C14H17ClO. The highest BCUT2D eigenvalue weighted by molar-refractivity contribution is 6.31.